The number of hydrogen-bond donors (Lipinski definition) is 5. The number of aliphatic carboxylic acids is 1. The zero-order valence-corrected chi connectivity index (χ0v) is 29.0. The largest absolute Gasteiger partial charge is 0.487 e. The molecule has 3 aromatic rings. The Labute approximate surface area is 285 Å². The lowest BCUT2D eigenvalue weighted by molar-refractivity contribution is -0.892. The molecule has 4 atom stereocenters. The van der Waals surface area contributed by atoms with Gasteiger partial charge in [-0.25, -0.2) is 18.1 Å². The number of para-hydroxylation sites is 2. The number of hydrogen-bond acceptors (Lipinski definition) is 9. The van der Waals surface area contributed by atoms with Gasteiger partial charge in [0.15, 0.2) is 11.7 Å². The first-order valence-electron chi connectivity index (χ1n) is 16.3. The quantitative estimate of drug-likeness (QED) is 0.110. The van der Waals surface area contributed by atoms with E-state index in [4.69, 9.17) is 9.84 Å². The monoisotopic (exact) mass is 704 g/mol. The first-order valence-corrected chi connectivity index (χ1v) is 19.0. The van der Waals surface area contributed by atoms with Crippen LogP contribution in [-0.2, 0) is 31.0 Å². The number of carboxylic acid groups (broad SMARTS) is 1. The van der Waals surface area contributed by atoms with Gasteiger partial charge in [0.1, 0.15) is 23.0 Å². The van der Waals surface area contributed by atoms with Crippen molar-refractivity contribution in [2.24, 2.45) is 5.92 Å². The van der Waals surface area contributed by atoms with Crippen LogP contribution in [0.25, 0.3) is 11.0 Å². The Balaban J connectivity index is 1.55. The number of quaternary nitrogens is 1. The molecule has 0 saturated carbocycles. The van der Waals surface area contributed by atoms with Gasteiger partial charge >= 0.3 is 5.97 Å². The number of sulfonamides is 1. The Kier molecular flexibility index (Phi) is 13.8. The first kappa shape index (κ1) is 37.3. The van der Waals surface area contributed by atoms with Crippen molar-refractivity contribution in [3.05, 3.63) is 42.5 Å². The summed E-state index contributed by atoms with van der Waals surface area (Å²) < 4.78 is 37.3. The van der Waals surface area contributed by atoms with Gasteiger partial charge in [-0.05, 0) is 75.5 Å². The lowest BCUT2D eigenvalue weighted by atomic mass is 9.94. The highest BCUT2D eigenvalue weighted by Crippen LogP contribution is 2.30. The Bertz CT molecular complexity index is 1660. The van der Waals surface area contributed by atoms with Gasteiger partial charge < -0.3 is 34.5 Å². The number of rotatable bonds is 16. The number of carboxylic acids is 1. The molecule has 2 heterocycles. The smallest absolute Gasteiger partial charge is 0.305 e. The summed E-state index contributed by atoms with van der Waals surface area (Å²) in [6, 6.07) is 10.3. The number of thioether (sulfide) groups is 1. The highest BCUT2D eigenvalue weighted by atomic mass is 32.2. The number of amides is 1. The van der Waals surface area contributed by atoms with Gasteiger partial charge in [0, 0.05) is 18.4 Å². The number of carbonyl (C=O) groups excluding carboxylic acids is 2. The van der Waals surface area contributed by atoms with Gasteiger partial charge in [0.25, 0.3) is 5.91 Å². The van der Waals surface area contributed by atoms with E-state index >= 15 is 0 Å². The average molecular weight is 705 g/mol. The lowest BCUT2D eigenvalue weighted by Gasteiger charge is -2.21. The molecule has 0 spiro atoms. The van der Waals surface area contributed by atoms with Crippen LogP contribution in [0.5, 0.6) is 5.75 Å². The van der Waals surface area contributed by atoms with Crippen LogP contribution in [0.3, 0.4) is 0 Å². The second-order valence-electron chi connectivity index (χ2n) is 12.2. The third-order valence-electron chi connectivity index (χ3n) is 8.44. The number of aliphatic hydroxyl groups excluding tert-OH is 1. The fraction of sp³-hybridized carbons (Fsp3) is 0.515. The molecule has 0 radical (unpaired) electrons. The second kappa shape index (κ2) is 17.8. The van der Waals surface area contributed by atoms with Crippen LogP contribution in [0.1, 0.15) is 51.9 Å². The number of nitrogens with zero attached hydrogens (tertiary/aromatic N) is 2. The van der Waals surface area contributed by atoms with Crippen LogP contribution in [0.15, 0.2) is 52.5 Å². The maximum absolute atomic E-state index is 13.5. The zero-order valence-electron chi connectivity index (χ0n) is 27.4. The maximum atomic E-state index is 13.5. The normalized spacial score (nSPS) is 18.6. The molecule has 2 aromatic carbocycles. The SMILES string of the molecule is CSc1nc2ccccc2n1CC(C)Oc1cc(NC(=O)C[NH+]2CCCCC(CCO)CCC2)ccc1S(=O)(=O)NC(C=O)CC(=O)O. The van der Waals surface area contributed by atoms with E-state index in [1.165, 1.54) is 34.9 Å². The number of anilines is 1. The van der Waals surface area contributed by atoms with Crippen LogP contribution in [0, 0.1) is 5.92 Å². The number of benzene rings is 2. The number of imidazole rings is 1. The summed E-state index contributed by atoms with van der Waals surface area (Å²) in [7, 11) is -4.42. The van der Waals surface area contributed by atoms with Gasteiger partial charge in [-0.1, -0.05) is 30.3 Å². The molecule has 0 aliphatic carbocycles. The molecule has 1 saturated heterocycles. The minimum Gasteiger partial charge on any atom is -0.487 e. The molecule has 1 aliphatic rings. The molecule has 1 amide bonds. The third kappa shape index (κ3) is 10.5. The zero-order chi connectivity index (χ0) is 34.7. The highest BCUT2D eigenvalue weighted by molar-refractivity contribution is 7.98. The fourth-order valence-electron chi connectivity index (χ4n) is 6.16. The molecule has 1 fully saturated rings. The molecule has 15 heteroatoms. The van der Waals surface area contributed by atoms with Crippen LogP contribution in [0.2, 0.25) is 0 Å². The molecule has 1 aromatic heterocycles. The maximum Gasteiger partial charge on any atom is 0.305 e. The van der Waals surface area contributed by atoms with E-state index in [-0.39, 0.29) is 36.0 Å². The van der Waals surface area contributed by atoms with E-state index in [1.54, 1.807) is 6.92 Å². The molecule has 4 rings (SSSR count). The summed E-state index contributed by atoms with van der Waals surface area (Å²) in [5, 5.41) is 22.1. The highest BCUT2D eigenvalue weighted by Gasteiger charge is 2.27. The van der Waals surface area contributed by atoms with Crippen LogP contribution in [-0.4, -0.2) is 91.0 Å². The summed E-state index contributed by atoms with van der Waals surface area (Å²) in [6.07, 6.45) is 6.80. The predicted molar refractivity (Wildman–Crippen MR) is 183 cm³/mol. The van der Waals surface area contributed by atoms with E-state index in [0.717, 1.165) is 67.8 Å². The minimum absolute atomic E-state index is 0.0621. The van der Waals surface area contributed by atoms with Crippen LogP contribution >= 0.6 is 11.8 Å². The number of ether oxygens (including phenoxy) is 1. The summed E-state index contributed by atoms with van der Waals surface area (Å²) in [6.45, 7) is 4.27. The molecular formula is C33H46N5O8S2+. The van der Waals surface area contributed by atoms with E-state index in [9.17, 15) is 27.9 Å². The molecule has 48 heavy (non-hydrogen) atoms. The Morgan fingerprint density at radius 3 is 2.65 bits per heavy atom. The standard InChI is InChI=1S/C33H45N5O8S2/c1-23(20-38-28-11-4-3-10-27(28)35-33(38)47-2)46-29-18-25(12-13-30(29)48(44,45)36-26(22-40)19-32(42)43)34-31(41)21-37-15-6-5-8-24(14-17-39)9-7-16-37/h3-4,10-13,18,22-24,26,36,39H,5-9,14-17,19-21H2,1-2H3,(H,34,41)(H,42,43)/p+1. The van der Waals surface area contributed by atoms with Crippen molar-refractivity contribution in [2.45, 2.75) is 80.6 Å². The minimum atomic E-state index is -4.42. The number of aldehydes is 1. The number of fused-ring (bicyclic) bond motifs is 1. The predicted octanol–water partition coefficient (Wildman–Crippen LogP) is 2.33. The molecule has 13 nitrogen and oxygen atoms in total. The van der Waals surface area contributed by atoms with Crippen LogP contribution in [0.4, 0.5) is 5.69 Å². The van der Waals surface area contributed by atoms with Gasteiger partial charge in [0.05, 0.1) is 43.1 Å². The van der Waals surface area contributed by atoms with Crippen molar-refractivity contribution in [2.75, 3.05) is 37.8 Å². The van der Waals surface area contributed by atoms with Crippen molar-refractivity contribution in [3.63, 3.8) is 0 Å². The number of carbonyl (C=O) groups is 3. The second-order valence-corrected chi connectivity index (χ2v) is 14.7. The van der Waals surface area contributed by atoms with Crippen LogP contribution < -0.4 is 19.7 Å². The summed E-state index contributed by atoms with van der Waals surface area (Å²) in [4.78, 5) is 41.4. The summed E-state index contributed by atoms with van der Waals surface area (Å²) >= 11 is 1.47. The number of aliphatic hydroxyl groups is 1. The third-order valence-corrected chi connectivity index (χ3v) is 10.6. The van der Waals surface area contributed by atoms with Crippen molar-refractivity contribution < 1.29 is 42.7 Å². The Hall–Kier alpha value is -3.50. The summed E-state index contributed by atoms with van der Waals surface area (Å²) in [5.41, 5.74) is 2.04. The number of nitrogens with one attached hydrogen (secondary N) is 3. The molecule has 4 unspecified atom stereocenters. The van der Waals surface area contributed by atoms with Crippen molar-refractivity contribution in [1.82, 2.24) is 14.3 Å². The molecule has 0 bridgehead atoms. The van der Waals surface area contributed by atoms with Gasteiger partial charge in [-0.15, -0.1) is 0 Å². The van der Waals surface area contributed by atoms with Crippen molar-refractivity contribution in [3.8, 4) is 5.75 Å². The van der Waals surface area contributed by atoms with Crippen molar-refractivity contribution >= 4 is 56.7 Å². The fourth-order valence-corrected chi connectivity index (χ4v) is 8.03. The molecule has 262 valence electrons. The van der Waals surface area contributed by atoms with E-state index in [2.05, 4.69) is 15.0 Å². The van der Waals surface area contributed by atoms with E-state index in [1.807, 2.05) is 35.1 Å². The van der Waals surface area contributed by atoms with E-state index < -0.39 is 34.6 Å². The number of aromatic nitrogens is 2. The van der Waals surface area contributed by atoms with Gasteiger partial charge in [-0.3, -0.25) is 9.59 Å². The molecular weight excluding hydrogens is 659 g/mol. The molecule has 5 N–H and O–H groups in total. The average Bonchev–Trinajstić information content (AvgIpc) is 3.43. The Morgan fingerprint density at radius 2 is 1.92 bits per heavy atom. The van der Waals surface area contributed by atoms with E-state index in [0.29, 0.717) is 18.2 Å². The molecule has 1 aliphatic heterocycles. The van der Waals surface area contributed by atoms with Gasteiger partial charge in [-0.2, -0.15) is 0 Å². The lowest BCUT2D eigenvalue weighted by Crippen LogP contribution is -3.13. The van der Waals surface area contributed by atoms with Crippen molar-refractivity contribution in [1.29, 1.82) is 0 Å². The first-order chi connectivity index (χ1) is 23.0. The summed E-state index contributed by atoms with van der Waals surface area (Å²) in [5.74, 6) is -1.11. The Morgan fingerprint density at radius 1 is 1.17 bits per heavy atom. The van der Waals surface area contributed by atoms with Gasteiger partial charge in [0.2, 0.25) is 10.0 Å². The topological polar surface area (TPSA) is 181 Å².